The molecular weight excluding hydrogens is 224 g/mol. The summed E-state index contributed by atoms with van der Waals surface area (Å²) in [6, 6.07) is 0.559. The summed E-state index contributed by atoms with van der Waals surface area (Å²) in [4.78, 5) is 0. The van der Waals surface area contributed by atoms with Crippen LogP contribution in [0.4, 0.5) is 0 Å². The number of rotatable bonds is 6. The molecule has 5 heteroatoms. The van der Waals surface area contributed by atoms with Gasteiger partial charge in [-0.05, 0) is 25.1 Å². The average Bonchev–Trinajstić information content (AvgIpc) is 2.76. The van der Waals surface area contributed by atoms with Crippen molar-refractivity contribution in [2.75, 3.05) is 27.4 Å². The van der Waals surface area contributed by atoms with E-state index in [1.54, 1.807) is 14.2 Å². The minimum absolute atomic E-state index is 0.0494. The third kappa shape index (κ3) is 5.09. The first-order valence-corrected chi connectivity index (χ1v) is 6.23. The third-order valence-electron chi connectivity index (χ3n) is 2.87. The van der Waals surface area contributed by atoms with Crippen LogP contribution in [-0.4, -0.2) is 44.6 Å². The van der Waals surface area contributed by atoms with E-state index in [1.807, 2.05) is 0 Å². The summed E-state index contributed by atoms with van der Waals surface area (Å²) in [5, 5.41) is 7.21. The monoisotopic (exact) mass is 246 g/mol. The minimum atomic E-state index is 0.0494. The van der Waals surface area contributed by atoms with E-state index in [0.29, 0.717) is 19.2 Å². The van der Waals surface area contributed by atoms with Gasteiger partial charge in [0.05, 0.1) is 12.7 Å². The van der Waals surface area contributed by atoms with Gasteiger partial charge in [0.25, 0.3) is 0 Å². The highest BCUT2D eigenvalue weighted by Gasteiger charge is 2.15. The molecule has 0 spiro atoms. The molecule has 0 aliphatic heterocycles. The summed E-state index contributed by atoms with van der Waals surface area (Å²) >= 11 is 5.22. The van der Waals surface area contributed by atoms with Gasteiger partial charge in [0.15, 0.2) is 5.11 Å². The van der Waals surface area contributed by atoms with Gasteiger partial charge in [0.2, 0.25) is 0 Å². The second kappa shape index (κ2) is 7.81. The molecule has 94 valence electrons. The molecule has 0 heterocycles. The summed E-state index contributed by atoms with van der Waals surface area (Å²) in [6.07, 6.45) is 5.13. The third-order valence-corrected chi connectivity index (χ3v) is 3.13. The molecule has 0 aromatic carbocycles. The second-order valence-electron chi connectivity index (χ2n) is 4.15. The van der Waals surface area contributed by atoms with Crippen LogP contribution < -0.4 is 10.6 Å². The van der Waals surface area contributed by atoms with Crippen LogP contribution in [0.25, 0.3) is 0 Å². The summed E-state index contributed by atoms with van der Waals surface area (Å²) in [6.45, 7) is 1.26. The van der Waals surface area contributed by atoms with Gasteiger partial charge in [-0.1, -0.05) is 12.8 Å². The molecular formula is C11H22N2O2S. The van der Waals surface area contributed by atoms with Crippen molar-refractivity contribution in [3.63, 3.8) is 0 Å². The van der Waals surface area contributed by atoms with Gasteiger partial charge >= 0.3 is 0 Å². The fourth-order valence-corrected chi connectivity index (χ4v) is 2.16. The van der Waals surface area contributed by atoms with Crippen LogP contribution in [0.3, 0.4) is 0 Å². The lowest BCUT2D eigenvalue weighted by Crippen LogP contribution is -2.44. The van der Waals surface area contributed by atoms with Crippen LogP contribution in [0.2, 0.25) is 0 Å². The highest BCUT2D eigenvalue weighted by molar-refractivity contribution is 7.80. The van der Waals surface area contributed by atoms with E-state index in [-0.39, 0.29) is 6.10 Å². The molecule has 2 N–H and O–H groups in total. The first-order valence-electron chi connectivity index (χ1n) is 5.82. The van der Waals surface area contributed by atoms with Crippen molar-refractivity contribution in [2.24, 2.45) is 0 Å². The number of nitrogens with one attached hydrogen (secondary N) is 2. The van der Waals surface area contributed by atoms with Crippen molar-refractivity contribution in [2.45, 2.75) is 37.8 Å². The Morgan fingerprint density at radius 3 is 2.62 bits per heavy atom. The molecule has 4 nitrogen and oxygen atoms in total. The maximum Gasteiger partial charge on any atom is 0.166 e. The maximum atomic E-state index is 5.24. The van der Waals surface area contributed by atoms with E-state index in [9.17, 15) is 0 Å². The lowest BCUT2D eigenvalue weighted by molar-refractivity contribution is 0.0315. The standard InChI is InChI=1S/C11H22N2O2S/c1-14-8-10(15-2)7-12-11(16)13-9-5-3-4-6-9/h9-10H,3-8H2,1-2H3,(H2,12,13,16). The molecule has 16 heavy (non-hydrogen) atoms. The van der Waals surface area contributed by atoms with Crippen LogP contribution in [0.15, 0.2) is 0 Å². The van der Waals surface area contributed by atoms with E-state index < -0.39 is 0 Å². The zero-order chi connectivity index (χ0) is 11.8. The van der Waals surface area contributed by atoms with E-state index in [1.165, 1.54) is 25.7 Å². The van der Waals surface area contributed by atoms with Gasteiger partial charge < -0.3 is 20.1 Å². The predicted molar refractivity (Wildman–Crippen MR) is 68.7 cm³/mol. The smallest absolute Gasteiger partial charge is 0.166 e. The largest absolute Gasteiger partial charge is 0.382 e. The van der Waals surface area contributed by atoms with Gasteiger partial charge in [-0.3, -0.25) is 0 Å². The van der Waals surface area contributed by atoms with Gasteiger partial charge in [-0.15, -0.1) is 0 Å². The van der Waals surface area contributed by atoms with Gasteiger partial charge in [0.1, 0.15) is 0 Å². The Morgan fingerprint density at radius 1 is 1.38 bits per heavy atom. The fourth-order valence-electron chi connectivity index (χ4n) is 1.91. The number of hydrogen-bond donors (Lipinski definition) is 2. The zero-order valence-electron chi connectivity index (χ0n) is 10.1. The molecule has 0 bridgehead atoms. The predicted octanol–water partition coefficient (Wildman–Crippen LogP) is 1.05. The molecule has 0 aromatic heterocycles. The van der Waals surface area contributed by atoms with Crippen molar-refractivity contribution in [3.8, 4) is 0 Å². The molecule has 1 aliphatic rings. The first-order chi connectivity index (χ1) is 7.76. The summed E-state index contributed by atoms with van der Waals surface area (Å²) in [5.74, 6) is 0. The van der Waals surface area contributed by atoms with E-state index in [4.69, 9.17) is 21.7 Å². The van der Waals surface area contributed by atoms with Gasteiger partial charge in [0, 0.05) is 26.8 Å². The van der Waals surface area contributed by atoms with Crippen molar-refractivity contribution >= 4 is 17.3 Å². The molecule has 0 radical (unpaired) electrons. The van der Waals surface area contributed by atoms with Crippen LogP contribution >= 0.6 is 12.2 Å². The molecule has 1 aliphatic carbocycles. The molecule has 1 saturated carbocycles. The Balaban J connectivity index is 2.12. The number of thiocarbonyl (C=S) groups is 1. The number of hydrogen-bond acceptors (Lipinski definition) is 3. The number of ether oxygens (including phenoxy) is 2. The highest BCUT2D eigenvalue weighted by Crippen LogP contribution is 2.17. The van der Waals surface area contributed by atoms with E-state index in [0.717, 1.165) is 5.11 Å². The lowest BCUT2D eigenvalue weighted by atomic mass is 10.2. The molecule has 0 aromatic rings. The Hall–Kier alpha value is -0.390. The summed E-state index contributed by atoms with van der Waals surface area (Å²) in [7, 11) is 3.35. The quantitative estimate of drug-likeness (QED) is 0.686. The topological polar surface area (TPSA) is 42.5 Å². The van der Waals surface area contributed by atoms with Crippen molar-refractivity contribution < 1.29 is 9.47 Å². The van der Waals surface area contributed by atoms with Crippen molar-refractivity contribution in [1.29, 1.82) is 0 Å². The highest BCUT2D eigenvalue weighted by atomic mass is 32.1. The minimum Gasteiger partial charge on any atom is -0.382 e. The molecule has 0 amide bonds. The Kier molecular flexibility index (Phi) is 6.68. The normalized spacial score (nSPS) is 18.4. The van der Waals surface area contributed by atoms with Crippen LogP contribution in [-0.2, 0) is 9.47 Å². The maximum absolute atomic E-state index is 5.24. The summed E-state index contributed by atoms with van der Waals surface area (Å²) < 4.78 is 10.3. The molecule has 1 atom stereocenters. The van der Waals surface area contributed by atoms with E-state index in [2.05, 4.69) is 10.6 Å². The van der Waals surface area contributed by atoms with Crippen LogP contribution in [0, 0.1) is 0 Å². The molecule has 1 unspecified atom stereocenters. The SMILES string of the molecule is COCC(CNC(=S)NC1CCCC1)OC. The van der Waals surface area contributed by atoms with E-state index >= 15 is 0 Å². The van der Waals surface area contributed by atoms with Gasteiger partial charge in [-0.25, -0.2) is 0 Å². The second-order valence-corrected chi connectivity index (χ2v) is 4.56. The number of methoxy groups -OCH3 is 2. The fraction of sp³-hybridized carbons (Fsp3) is 0.909. The first kappa shape index (κ1) is 13.7. The van der Waals surface area contributed by atoms with Crippen molar-refractivity contribution in [3.05, 3.63) is 0 Å². The average molecular weight is 246 g/mol. The summed E-state index contributed by atoms with van der Waals surface area (Å²) in [5.41, 5.74) is 0. The Labute approximate surface area is 103 Å². The molecule has 1 rings (SSSR count). The van der Waals surface area contributed by atoms with Crippen LogP contribution in [0.5, 0.6) is 0 Å². The van der Waals surface area contributed by atoms with Crippen molar-refractivity contribution in [1.82, 2.24) is 10.6 Å². The van der Waals surface area contributed by atoms with Gasteiger partial charge in [-0.2, -0.15) is 0 Å². The molecule has 0 saturated heterocycles. The zero-order valence-corrected chi connectivity index (χ0v) is 10.9. The lowest BCUT2D eigenvalue weighted by Gasteiger charge is -2.19. The Bertz CT molecular complexity index is 208. The Morgan fingerprint density at radius 2 is 2.06 bits per heavy atom. The van der Waals surface area contributed by atoms with Crippen LogP contribution in [0.1, 0.15) is 25.7 Å². The molecule has 1 fully saturated rings.